The Morgan fingerprint density at radius 2 is 1.80 bits per heavy atom. The molecule has 25 heavy (non-hydrogen) atoms. The lowest BCUT2D eigenvalue weighted by Crippen LogP contribution is -2.53. The topological polar surface area (TPSA) is 42.0 Å². The van der Waals surface area contributed by atoms with Gasteiger partial charge in [-0.05, 0) is 80.5 Å². The van der Waals surface area contributed by atoms with E-state index in [4.69, 9.17) is 0 Å². The van der Waals surface area contributed by atoms with Gasteiger partial charge in [0.1, 0.15) is 0 Å². The molecule has 2 aromatic heterocycles. The summed E-state index contributed by atoms with van der Waals surface area (Å²) in [6, 6.07) is 10.2. The van der Waals surface area contributed by atoms with E-state index < -0.39 is 0 Å². The molecule has 0 spiro atoms. The summed E-state index contributed by atoms with van der Waals surface area (Å²) in [4.78, 5) is 19.8. The molecule has 1 N–H and O–H groups in total. The van der Waals surface area contributed by atoms with Gasteiger partial charge in [0.2, 0.25) is 5.91 Å². The number of amides is 1. The molecule has 0 aliphatic heterocycles. The molecule has 6 rings (SSSR count). The van der Waals surface area contributed by atoms with Crippen molar-refractivity contribution in [3.05, 3.63) is 41.4 Å². The quantitative estimate of drug-likeness (QED) is 0.871. The van der Waals surface area contributed by atoms with Crippen LogP contribution in [0.2, 0.25) is 0 Å². The van der Waals surface area contributed by atoms with Gasteiger partial charge in [0, 0.05) is 16.5 Å². The molecule has 130 valence electrons. The fourth-order valence-corrected chi connectivity index (χ4v) is 6.79. The van der Waals surface area contributed by atoms with Crippen molar-refractivity contribution in [1.82, 2.24) is 10.3 Å². The number of thiophene rings is 1. The summed E-state index contributed by atoms with van der Waals surface area (Å²) in [6.45, 7) is 0.651. The number of hydrogen-bond donors (Lipinski definition) is 1. The van der Waals surface area contributed by atoms with Gasteiger partial charge < -0.3 is 5.32 Å². The second-order valence-corrected chi connectivity index (χ2v) is 9.53. The van der Waals surface area contributed by atoms with Crippen LogP contribution in [0.25, 0.3) is 10.6 Å². The van der Waals surface area contributed by atoms with Gasteiger partial charge in [0.25, 0.3) is 0 Å². The van der Waals surface area contributed by atoms with E-state index in [2.05, 4.69) is 22.4 Å². The SMILES string of the molecule is O=C(NCc1ccc(-c2ccccn2)s1)C12CC3CC(CC(C3)C1)C2. The molecule has 2 heterocycles. The van der Waals surface area contributed by atoms with Crippen LogP contribution in [0.4, 0.5) is 0 Å². The van der Waals surface area contributed by atoms with Gasteiger partial charge in [-0.25, -0.2) is 0 Å². The summed E-state index contributed by atoms with van der Waals surface area (Å²) in [5.74, 6) is 2.76. The number of nitrogens with one attached hydrogen (secondary N) is 1. The summed E-state index contributed by atoms with van der Waals surface area (Å²) >= 11 is 1.73. The van der Waals surface area contributed by atoms with E-state index in [1.807, 2.05) is 24.4 Å². The van der Waals surface area contributed by atoms with Crippen LogP contribution in [0.3, 0.4) is 0 Å². The number of rotatable bonds is 4. The number of nitrogens with zero attached hydrogens (tertiary/aromatic N) is 1. The zero-order valence-electron chi connectivity index (χ0n) is 14.4. The minimum absolute atomic E-state index is 0.0458. The molecule has 4 saturated carbocycles. The van der Waals surface area contributed by atoms with Crippen molar-refractivity contribution in [3.8, 4) is 10.6 Å². The molecule has 0 unspecified atom stereocenters. The van der Waals surface area contributed by atoms with E-state index in [1.165, 1.54) is 29.0 Å². The van der Waals surface area contributed by atoms with Gasteiger partial charge in [0.05, 0.1) is 17.1 Å². The lowest BCUT2D eigenvalue weighted by molar-refractivity contribution is -0.146. The van der Waals surface area contributed by atoms with Gasteiger partial charge in [-0.2, -0.15) is 0 Å². The fourth-order valence-electron chi connectivity index (χ4n) is 5.86. The summed E-state index contributed by atoms with van der Waals surface area (Å²) < 4.78 is 0. The molecule has 0 atom stereocenters. The standard InChI is InChI=1S/C21H24N2OS/c24-20(21-10-14-7-15(11-21)9-16(8-14)12-21)23-13-17-4-5-19(25-17)18-3-1-2-6-22-18/h1-6,14-16H,7-13H2,(H,23,24). The molecule has 4 aliphatic carbocycles. The third kappa shape index (κ3) is 2.80. The molecular weight excluding hydrogens is 328 g/mol. The van der Waals surface area contributed by atoms with Crippen LogP contribution in [0, 0.1) is 23.2 Å². The molecule has 1 amide bonds. The van der Waals surface area contributed by atoms with E-state index in [1.54, 1.807) is 11.3 Å². The average Bonchev–Trinajstić information content (AvgIpc) is 3.08. The Morgan fingerprint density at radius 3 is 2.44 bits per heavy atom. The van der Waals surface area contributed by atoms with Crippen molar-refractivity contribution in [2.75, 3.05) is 0 Å². The molecule has 0 aromatic carbocycles. The van der Waals surface area contributed by atoms with E-state index in [0.717, 1.165) is 42.7 Å². The molecule has 4 fully saturated rings. The Bertz CT molecular complexity index is 747. The summed E-state index contributed by atoms with van der Waals surface area (Å²) in [6.07, 6.45) is 9.36. The Hall–Kier alpha value is -1.68. The molecule has 4 heteroatoms. The van der Waals surface area contributed by atoms with Crippen LogP contribution in [-0.4, -0.2) is 10.9 Å². The molecule has 0 saturated heterocycles. The monoisotopic (exact) mass is 352 g/mol. The zero-order chi connectivity index (χ0) is 16.9. The number of carbonyl (C=O) groups is 1. The summed E-state index contributed by atoms with van der Waals surface area (Å²) in [5.41, 5.74) is 0.960. The highest BCUT2D eigenvalue weighted by molar-refractivity contribution is 7.15. The molecule has 2 aromatic rings. The van der Waals surface area contributed by atoms with Crippen molar-refractivity contribution in [1.29, 1.82) is 0 Å². The first-order chi connectivity index (χ1) is 12.2. The lowest BCUT2D eigenvalue weighted by Gasteiger charge is -2.55. The number of carbonyl (C=O) groups excluding carboxylic acids is 1. The number of pyridine rings is 1. The second kappa shape index (κ2) is 5.94. The molecule has 0 radical (unpaired) electrons. The maximum absolute atomic E-state index is 13.0. The highest BCUT2D eigenvalue weighted by atomic mass is 32.1. The minimum Gasteiger partial charge on any atom is -0.351 e. The van der Waals surface area contributed by atoms with Crippen LogP contribution in [0.15, 0.2) is 36.5 Å². The summed E-state index contributed by atoms with van der Waals surface area (Å²) in [7, 11) is 0. The normalized spacial score (nSPS) is 32.7. The van der Waals surface area contributed by atoms with E-state index in [9.17, 15) is 4.79 Å². The van der Waals surface area contributed by atoms with Crippen molar-refractivity contribution in [2.45, 2.75) is 45.1 Å². The Balaban J connectivity index is 1.26. The Labute approximate surface area is 152 Å². The highest BCUT2D eigenvalue weighted by Crippen LogP contribution is 2.60. The van der Waals surface area contributed by atoms with Crippen molar-refractivity contribution in [3.63, 3.8) is 0 Å². The number of aromatic nitrogens is 1. The van der Waals surface area contributed by atoms with Crippen molar-refractivity contribution >= 4 is 17.2 Å². The van der Waals surface area contributed by atoms with Crippen LogP contribution in [0.1, 0.15) is 43.4 Å². The molecule has 4 bridgehead atoms. The Kier molecular flexibility index (Phi) is 3.70. The van der Waals surface area contributed by atoms with Gasteiger partial charge in [-0.15, -0.1) is 11.3 Å². The number of hydrogen-bond acceptors (Lipinski definition) is 3. The van der Waals surface area contributed by atoms with Crippen LogP contribution in [0.5, 0.6) is 0 Å². The third-order valence-electron chi connectivity index (χ3n) is 6.52. The lowest BCUT2D eigenvalue weighted by atomic mass is 9.49. The maximum Gasteiger partial charge on any atom is 0.226 e. The van der Waals surface area contributed by atoms with Crippen LogP contribution < -0.4 is 5.32 Å². The van der Waals surface area contributed by atoms with Gasteiger partial charge >= 0.3 is 0 Å². The van der Waals surface area contributed by atoms with Crippen molar-refractivity contribution < 1.29 is 4.79 Å². The van der Waals surface area contributed by atoms with E-state index >= 15 is 0 Å². The van der Waals surface area contributed by atoms with E-state index in [-0.39, 0.29) is 5.41 Å². The first-order valence-corrected chi connectivity index (χ1v) is 10.3. The predicted octanol–water partition coefficient (Wildman–Crippen LogP) is 4.64. The van der Waals surface area contributed by atoms with Crippen LogP contribution in [-0.2, 0) is 11.3 Å². The average molecular weight is 353 g/mol. The van der Waals surface area contributed by atoms with Gasteiger partial charge in [0.15, 0.2) is 0 Å². The summed E-state index contributed by atoms with van der Waals surface area (Å²) in [5, 5.41) is 3.27. The maximum atomic E-state index is 13.0. The smallest absolute Gasteiger partial charge is 0.226 e. The van der Waals surface area contributed by atoms with Gasteiger partial charge in [-0.3, -0.25) is 9.78 Å². The second-order valence-electron chi connectivity index (χ2n) is 8.36. The van der Waals surface area contributed by atoms with E-state index in [0.29, 0.717) is 12.5 Å². The highest BCUT2D eigenvalue weighted by Gasteiger charge is 2.54. The largest absolute Gasteiger partial charge is 0.351 e. The van der Waals surface area contributed by atoms with Gasteiger partial charge in [-0.1, -0.05) is 6.07 Å². The van der Waals surface area contributed by atoms with Crippen LogP contribution >= 0.6 is 11.3 Å². The van der Waals surface area contributed by atoms with Crippen molar-refractivity contribution in [2.24, 2.45) is 23.2 Å². The predicted molar refractivity (Wildman–Crippen MR) is 100 cm³/mol. The fraction of sp³-hybridized carbons (Fsp3) is 0.524. The zero-order valence-corrected chi connectivity index (χ0v) is 15.2. The molecule has 3 nitrogen and oxygen atoms in total. The first-order valence-electron chi connectivity index (χ1n) is 9.49. The Morgan fingerprint density at radius 1 is 1.08 bits per heavy atom. The first kappa shape index (κ1) is 15.6. The third-order valence-corrected chi connectivity index (χ3v) is 7.63. The minimum atomic E-state index is -0.0458. The molecule has 4 aliphatic rings. The molecular formula is C21H24N2OS.